The van der Waals surface area contributed by atoms with Crippen molar-refractivity contribution in [2.24, 2.45) is 0 Å². The first-order valence-electron chi connectivity index (χ1n) is 2.96. The fourth-order valence-electron chi connectivity index (χ4n) is 1.06. The zero-order chi connectivity index (χ0) is 5.71. The molecule has 0 aromatic heterocycles. The van der Waals surface area contributed by atoms with Crippen LogP contribution >= 0.6 is 7.26 Å². The van der Waals surface area contributed by atoms with Crippen molar-refractivity contribution in [3.05, 3.63) is 0 Å². The first kappa shape index (κ1) is 5.56. The Bertz CT molecular complexity index is 80.4. The Hall–Kier alpha value is 0.430. The zero-order valence-corrected chi connectivity index (χ0v) is 6.71. The predicted octanol–water partition coefficient (Wildman–Crippen LogP) is 1.79. The van der Waals surface area contributed by atoms with Crippen LogP contribution in [0.4, 0.5) is 0 Å². The van der Waals surface area contributed by atoms with Crippen LogP contribution in [0.15, 0.2) is 0 Å². The van der Waals surface area contributed by atoms with E-state index in [-0.39, 0.29) is 0 Å². The van der Waals surface area contributed by atoms with Gasteiger partial charge in [-0.25, -0.2) is 0 Å². The van der Waals surface area contributed by atoms with E-state index in [9.17, 15) is 0 Å². The maximum absolute atomic E-state index is 2.47. The summed E-state index contributed by atoms with van der Waals surface area (Å²) in [6.07, 6.45) is 1.54. The molecular weight excluding hydrogens is 103 g/mol. The van der Waals surface area contributed by atoms with Crippen LogP contribution in [0.3, 0.4) is 0 Å². The van der Waals surface area contributed by atoms with E-state index in [0.29, 0.717) is 0 Å². The first-order valence-corrected chi connectivity index (χ1v) is 6.16. The van der Waals surface area contributed by atoms with E-state index in [1.807, 2.05) is 0 Å². The second-order valence-electron chi connectivity index (χ2n) is 3.94. The van der Waals surface area contributed by atoms with Crippen LogP contribution in [0.25, 0.3) is 0 Å². The number of rotatable bonds is 0. The Balaban J connectivity index is 2.59. The second kappa shape index (κ2) is 1.05. The van der Waals surface area contributed by atoms with E-state index in [1.54, 1.807) is 6.16 Å². The van der Waals surface area contributed by atoms with Crippen LogP contribution in [0.1, 0.15) is 13.8 Å². The fourth-order valence-corrected chi connectivity index (χ4v) is 4.24. The van der Waals surface area contributed by atoms with Gasteiger partial charge in [-0.1, -0.05) is 0 Å². The maximum atomic E-state index is 2.47. The Labute approximate surface area is 46.6 Å². The molecule has 0 saturated carbocycles. The summed E-state index contributed by atoms with van der Waals surface area (Å²) in [5, 5.41) is 0.785. The van der Waals surface area contributed by atoms with Crippen molar-refractivity contribution in [3.8, 4) is 0 Å². The van der Waals surface area contributed by atoms with Gasteiger partial charge in [0.15, 0.2) is 0 Å². The van der Waals surface area contributed by atoms with Gasteiger partial charge in [-0.05, 0) is 0 Å². The molecule has 1 aliphatic rings. The average molecular weight is 118 g/mol. The Morgan fingerprint density at radius 2 is 1.43 bits per heavy atom. The molecule has 0 radical (unpaired) electrons. The third kappa shape index (κ3) is 0.700. The number of hydrogen-bond acceptors (Lipinski definition) is 0. The Morgan fingerprint density at radius 3 is 1.43 bits per heavy atom. The summed E-state index contributed by atoms with van der Waals surface area (Å²) in [4.78, 5) is 0. The summed E-state index contributed by atoms with van der Waals surface area (Å²) in [5.74, 6) is 0. The third-order valence-corrected chi connectivity index (χ3v) is 7.77. The first-order chi connectivity index (χ1) is 2.96. The van der Waals surface area contributed by atoms with Crippen molar-refractivity contribution in [1.82, 2.24) is 0 Å². The summed E-state index contributed by atoms with van der Waals surface area (Å²) in [7, 11) is -0.589. The van der Waals surface area contributed by atoms with Gasteiger partial charge in [0, 0.05) is 0 Å². The molecule has 1 fully saturated rings. The molecule has 1 heteroatoms. The van der Waals surface area contributed by atoms with Gasteiger partial charge < -0.3 is 0 Å². The van der Waals surface area contributed by atoms with Gasteiger partial charge in [0.1, 0.15) is 0 Å². The van der Waals surface area contributed by atoms with E-state index in [0.717, 1.165) is 5.16 Å². The molecule has 1 rings (SSSR count). The normalized spacial score (nSPS) is 37.1. The van der Waals surface area contributed by atoms with Crippen molar-refractivity contribution < 1.29 is 0 Å². The van der Waals surface area contributed by atoms with Gasteiger partial charge in [0.25, 0.3) is 0 Å². The summed E-state index contributed by atoms with van der Waals surface area (Å²) >= 11 is 0. The molecule has 1 saturated heterocycles. The fraction of sp³-hybridized carbons (Fsp3) is 1.00. The van der Waals surface area contributed by atoms with E-state index in [4.69, 9.17) is 0 Å². The summed E-state index contributed by atoms with van der Waals surface area (Å²) in [5.41, 5.74) is 0. The number of hydrogen-bond donors (Lipinski definition) is 0. The van der Waals surface area contributed by atoms with E-state index in [1.165, 1.54) is 0 Å². The quantitative estimate of drug-likeness (QED) is 0.425. The van der Waals surface area contributed by atoms with E-state index < -0.39 is 7.26 Å². The van der Waals surface area contributed by atoms with Crippen molar-refractivity contribution >= 4 is 7.26 Å². The van der Waals surface area contributed by atoms with Crippen molar-refractivity contribution in [3.63, 3.8) is 0 Å². The summed E-state index contributed by atoms with van der Waals surface area (Å²) in [6.45, 7) is 9.71. The van der Waals surface area contributed by atoms with Crippen LogP contribution < -0.4 is 0 Å². The zero-order valence-electron chi connectivity index (χ0n) is 5.71. The molecule has 7 heavy (non-hydrogen) atoms. The van der Waals surface area contributed by atoms with Crippen LogP contribution in [0.5, 0.6) is 0 Å². The summed E-state index contributed by atoms with van der Waals surface area (Å²) < 4.78 is 0. The van der Waals surface area contributed by atoms with Crippen molar-refractivity contribution in [2.75, 3.05) is 19.5 Å². The molecular formula is C6H15P. The van der Waals surface area contributed by atoms with Crippen LogP contribution in [0, 0.1) is 0 Å². The second-order valence-corrected chi connectivity index (χ2v) is 9.42. The summed E-state index contributed by atoms with van der Waals surface area (Å²) in [6, 6.07) is 0. The molecule has 0 bridgehead atoms. The molecule has 0 aromatic rings. The molecule has 0 aromatic carbocycles. The van der Waals surface area contributed by atoms with Gasteiger partial charge >= 0.3 is 45.8 Å². The predicted molar refractivity (Wildman–Crippen MR) is 39.1 cm³/mol. The topological polar surface area (TPSA) is 0 Å². The minimum atomic E-state index is -0.589. The van der Waals surface area contributed by atoms with Gasteiger partial charge in [-0.2, -0.15) is 0 Å². The Kier molecular flexibility index (Phi) is 0.836. The van der Waals surface area contributed by atoms with Gasteiger partial charge in [0.2, 0.25) is 0 Å². The molecule has 0 amide bonds. The SMILES string of the molecule is CC1(C)C[PH]1(C)C. The van der Waals surface area contributed by atoms with Gasteiger partial charge in [-0.15, -0.1) is 0 Å². The molecule has 1 aliphatic heterocycles. The van der Waals surface area contributed by atoms with E-state index in [2.05, 4.69) is 27.2 Å². The monoisotopic (exact) mass is 118 g/mol. The standard InChI is InChI=1S/C6H15P/c1-6(2)5-7(6,3)4/h7H,5H2,1-4H3. The molecule has 0 aliphatic carbocycles. The molecule has 0 atom stereocenters. The molecule has 0 unspecified atom stereocenters. The molecule has 0 nitrogen and oxygen atoms in total. The van der Waals surface area contributed by atoms with Crippen molar-refractivity contribution in [1.29, 1.82) is 0 Å². The molecule has 1 heterocycles. The molecule has 44 valence electrons. The van der Waals surface area contributed by atoms with Crippen molar-refractivity contribution in [2.45, 2.75) is 19.0 Å². The molecule has 0 N–H and O–H groups in total. The average Bonchev–Trinajstić information content (AvgIpc) is 1.63. The van der Waals surface area contributed by atoms with Gasteiger partial charge in [0.05, 0.1) is 0 Å². The third-order valence-electron chi connectivity index (χ3n) is 2.59. The van der Waals surface area contributed by atoms with Gasteiger partial charge in [-0.3, -0.25) is 0 Å². The molecule has 0 spiro atoms. The van der Waals surface area contributed by atoms with Crippen LogP contribution in [0.2, 0.25) is 0 Å². The minimum absolute atomic E-state index is 0.589. The van der Waals surface area contributed by atoms with E-state index >= 15 is 0 Å². The van der Waals surface area contributed by atoms with Crippen LogP contribution in [-0.2, 0) is 0 Å². The Morgan fingerprint density at radius 1 is 1.29 bits per heavy atom. The van der Waals surface area contributed by atoms with Crippen LogP contribution in [-0.4, -0.2) is 24.6 Å².